The Balaban J connectivity index is 1.48. The number of carbonyl (C=O) groups is 2. The molecule has 1 unspecified atom stereocenters. The Morgan fingerprint density at radius 1 is 1.17 bits per heavy atom. The minimum atomic E-state index is -0.601. The third-order valence-electron chi connectivity index (χ3n) is 4.53. The summed E-state index contributed by atoms with van der Waals surface area (Å²) >= 11 is 1.63. The number of carbonyl (C=O) groups excluding carboxylic acids is 2. The molecule has 3 rings (SSSR count). The summed E-state index contributed by atoms with van der Waals surface area (Å²) in [4.78, 5) is 25.2. The highest BCUT2D eigenvalue weighted by Crippen LogP contribution is 2.34. The van der Waals surface area contributed by atoms with Crippen LogP contribution >= 0.6 is 11.8 Å². The molecule has 2 aromatic carbocycles. The maximum atomic E-state index is 12.6. The van der Waals surface area contributed by atoms with Gasteiger partial charge in [-0.1, -0.05) is 17.7 Å². The quantitative estimate of drug-likeness (QED) is 0.564. The van der Waals surface area contributed by atoms with E-state index in [0.29, 0.717) is 42.4 Å². The highest BCUT2D eigenvalue weighted by atomic mass is 32.2. The van der Waals surface area contributed by atoms with Crippen LogP contribution < -0.4 is 24.8 Å². The van der Waals surface area contributed by atoms with Gasteiger partial charge in [-0.25, -0.2) is 0 Å². The Hall–Kier alpha value is -2.87. The van der Waals surface area contributed by atoms with Crippen LogP contribution in [0.15, 0.2) is 42.5 Å². The van der Waals surface area contributed by atoms with Crippen LogP contribution in [0.5, 0.6) is 17.2 Å². The van der Waals surface area contributed by atoms with Gasteiger partial charge in [0, 0.05) is 11.6 Å². The molecule has 1 heterocycles. The van der Waals surface area contributed by atoms with Crippen molar-refractivity contribution in [1.82, 2.24) is 10.6 Å². The van der Waals surface area contributed by atoms with E-state index in [4.69, 9.17) is 14.2 Å². The molecule has 0 aromatic heterocycles. The molecule has 1 atom stereocenters. The maximum absolute atomic E-state index is 12.6. The van der Waals surface area contributed by atoms with Crippen LogP contribution in [0.4, 0.5) is 0 Å². The van der Waals surface area contributed by atoms with Gasteiger partial charge in [-0.15, -0.1) is 0 Å². The molecular weight excluding hydrogens is 404 g/mol. The summed E-state index contributed by atoms with van der Waals surface area (Å²) in [5.74, 6) is 2.26. The van der Waals surface area contributed by atoms with Gasteiger partial charge in [0.2, 0.25) is 12.7 Å². The Bertz CT molecular complexity index is 890. The lowest BCUT2D eigenvalue weighted by Gasteiger charge is -2.18. The monoisotopic (exact) mass is 430 g/mol. The fourth-order valence-electron chi connectivity index (χ4n) is 2.97. The van der Waals surface area contributed by atoms with Crippen molar-refractivity contribution in [3.8, 4) is 17.2 Å². The minimum absolute atomic E-state index is 0.209. The number of ether oxygens (including phenoxy) is 3. The number of amides is 2. The number of fused-ring (bicyclic) bond motifs is 1. The van der Waals surface area contributed by atoms with Crippen molar-refractivity contribution in [1.29, 1.82) is 0 Å². The molecular formula is C22H26N2O5S. The van der Waals surface area contributed by atoms with Crippen molar-refractivity contribution in [3.63, 3.8) is 0 Å². The predicted molar refractivity (Wildman–Crippen MR) is 117 cm³/mol. The van der Waals surface area contributed by atoms with Gasteiger partial charge in [0.1, 0.15) is 18.4 Å². The summed E-state index contributed by atoms with van der Waals surface area (Å²) in [5.41, 5.74) is 1.54. The van der Waals surface area contributed by atoms with Crippen molar-refractivity contribution in [2.75, 3.05) is 32.0 Å². The Labute approximate surface area is 180 Å². The second kappa shape index (κ2) is 10.8. The fraction of sp³-hybridized carbons (Fsp3) is 0.364. The largest absolute Gasteiger partial charge is 0.492 e. The minimum Gasteiger partial charge on any atom is -0.492 e. The van der Waals surface area contributed by atoms with Gasteiger partial charge < -0.3 is 24.8 Å². The molecule has 0 saturated heterocycles. The first-order chi connectivity index (χ1) is 14.6. The van der Waals surface area contributed by atoms with Gasteiger partial charge >= 0.3 is 0 Å². The highest BCUT2D eigenvalue weighted by molar-refractivity contribution is 7.98. The van der Waals surface area contributed by atoms with Gasteiger partial charge in [0.15, 0.2) is 11.5 Å². The molecule has 2 aromatic rings. The summed E-state index contributed by atoms with van der Waals surface area (Å²) in [6, 6.07) is 12.0. The van der Waals surface area contributed by atoms with E-state index in [0.717, 1.165) is 11.3 Å². The van der Waals surface area contributed by atoms with Crippen molar-refractivity contribution in [3.05, 3.63) is 53.6 Å². The molecule has 0 radical (unpaired) electrons. The molecule has 1 aliphatic rings. The molecule has 7 nitrogen and oxygen atoms in total. The van der Waals surface area contributed by atoms with E-state index in [1.807, 2.05) is 25.3 Å². The third-order valence-corrected chi connectivity index (χ3v) is 5.17. The first-order valence-corrected chi connectivity index (χ1v) is 11.1. The zero-order valence-corrected chi connectivity index (χ0v) is 17.9. The van der Waals surface area contributed by atoms with Crippen molar-refractivity contribution in [2.24, 2.45) is 0 Å². The SMILES string of the molecule is CSCCC(NC(=O)c1cccc(C)c1)C(=O)NCCOc1ccc2c(c1)OCO2. The normalized spacial score (nSPS) is 12.9. The number of hydrogen-bond acceptors (Lipinski definition) is 6. The molecule has 30 heavy (non-hydrogen) atoms. The lowest BCUT2D eigenvalue weighted by molar-refractivity contribution is -0.123. The number of thioether (sulfide) groups is 1. The molecule has 2 N–H and O–H groups in total. The zero-order chi connectivity index (χ0) is 21.3. The van der Waals surface area contributed by atoms with E-state index in [1.165, 1.54) is 0 Å². The zero-order valence-electron chi connectivity index (χ0n) is 17.1. The van der Waals surface area contributed by atoms with Crippen LogP contribution in [0.3, 0.4) is 0 Å². The summed E-state index contributed by atoms with van der Waals surface area (Å²) in [6.45, 7) is 2.76. The molecule has 2 amide bonds. The van der Waals surface area contributed by atoms with Crippen LogP contribution in [-0.2, 0) is 4.79 Å². The first kappa shape index (κ1) is 21.8. The second-order valence-corrected chi connectivity index (χ2v) is 7.82. The molecule has 8 heteroatoms. The van der Waals surface area contributed by atoms with Gasteiger partial charge in [-0.3, -0.25) is 9.59 Å². The first-order valence-electron chi connectivity index (χ1n) is 9.73. The van der Waals surface area contributed by atoms with E-state index < -0.39 is 6.04 Å². The summed E-state index contributed by atoms with van der Waals surface area (Å²) in [5, 5.41) is 5.68. The molecule has 0 fully saturated rings. The molecule has 1 aliphatic heterocycles. The van der Waals surface area contributed by atoms with E-state index in [2.05, 4.69) is 10.6 Å². The molecule has 0 aliphatic carbocycles. The number of nitrogens with one attached hydrogen (secondary N) is 2. The molecule has 160 valence electrons. The summed E-state index contributed by atoms with van der Waals surface area (Å²) in [6.07, 6.45) is 2.52. The maximum Gasteiger partial charge on any atom is 0.251 e. The fourth-order valence-corrected chi connectivity index (χ4v) is 3.44. The van der Waals surface area contributed by atoms with Crippen LogP contribution in [0.25, 0.3) is 0 Å². The number of rotatable bonds is 10. The van der Waals surface area contributed by atoms with Gasteiger partial charge in [0.05, 0.1) is 6.54 Å². The molecule has 0 spiro atoms. The predicted octanol–water partition coefficient (Wildman–Crippen LogP) is 2.77. The average molecular weight is 431 g/mol. The van der Waals surface area contributed by atoms with E-state index >= 15 is 0 Å². The summed E-state index contributed by atoms with van der Waals surface area (Å²) in [7, 11) is 0. The van der Waals surface area contributed by atoms with E-state index in [-0.39, 0.29) is 18.6 Å². The van der Waals surface area contributed by atoms with Crippen LogP contribution in [0.2, 0.25) is 0 Å². The Morgan fingerprint density at radius 3 is 2.80 bits per heavy atom. The van der Waals surface area contributed by atoms with Crippen LogP contribution in [0, 0.1) is 6.92 Å². The second-order valence-electron chi connectivity index (χ2n) is 6.83. The smallest absolute Gasteiger partial charge is 0.251 e. The Morgan fingerprint density at radius 2 is 2.00 bits per heavy atom. The number of hydrogen-bond donors (Lipinski definition) is 2. The van der Waals surface area contributed by atoms with E-state index in [9.17, 15) is 9.59 Å². The van der Waals surface area contributed by atoms with E-state index in [1.54, 1.807) is 42.1 Å². The van der Waals surface area contributed by atoms with Gasteiger partial charge in [-0.05, 0) is 49.6 Å². The van der Waals surface area contributed by atoms with Crippen molar-refractivity contribution < 1.29 is 23.8 Å². The molecule has 0 bridgehead atoms. The van der Waals surface area contributed by atoms with Gasteiger partial charge in [-0.2, -0.15) is 11.8 Å². The summed E-state index contributed by atoms with van der Waals surface area (Å²) < 4.78 is 16.3. The third kappa shape index (κ3) is 6.06. The lowest BCUT2D eigenvalue weighted by atomic mass is 10.1. The van der Waals surface area contributed by atoms with Crippen molar-refractivity contribution >= 4 is 23.6 Å². The van der Waals surface area contributed by atoms with Gasteiger partial charge in [0.25, 0.3) is 5.91 Å². The number of aryl methyl sites for hydroxylation is 1. The van der Waals surface area contributed by atoms with Crippen LogP contribution in [-0.4, -0.2) is 49.8 Å². The van der Waals surface area contributed by atoms with Crippen LogP contribution in [0.1, 0.15) is 22.3 Å². The average Bonchev–Trinajstić information content (AvgIpc) is 3.21. The Kier molecular flexibility index (Phi) is 7.84. The standard InChI is InChI=1S/C22H26N2O5S/c1-15-4-3-5-16(12-15)21(25)24-18(8-11-30-2)22(26)23-9-10-27-17-6-7-19-20(13-17)29-14-28-19/h3-7,12-13,18H,8-11,14H2,1-2H3,(H,23,26)(H,24,25). The number of benzene rings is 2. The lowest BCUT2D eigenvalue weighted by Crippen LogP contribution is -2.47. The highest BCUT2D eigenvalue weighted by Gasteiger charge is 2.21. The topological polar surface area (TPSA) is 85.9 Å². The van der Waals surface area contributed by atoms with Crippen molar-refractivity contribution in [2.45, 2.75) is 19.4 Å². The molecule has 0 saturated carbocycles.